The van der Waals surface area contributed by atoms with E-state index in [1.165, 1.54) is 28.2 Å². The van der Waals surface area contributed by atoms with Gasteiger partial charge in [-0.1, -0.05) is 20.3 Å². The van der Waals surface area contributed by atoms with E-state index >= 15 is 0 Å². The molecule has 2 unspecified atom stereocenters. The molecule has 1 heterocycles. The fourth-order valence-electron chi connectivity index (χ4n) is 1.68. The maximum absolute atomic E-state index is 6.22. The molecule has 2 heteroatoms. The van der Waals surface area contributed by atoms with Crippen LogP contribution in [0.3, 0.4) is 0 Å². The summed E-state index contributed by atoms with van der Waals surface area (Å²) < 4.78 is 0. The van der Waals surface area contributed by atoms with Gasteiger partial charge in [0.1, 0.15) is 0 Å². The number of nitrogens with two attached hydrogens (primary N) is 1. The summed E-state index contributed by atoms with van der Waals surface area (Å²) in [5, 5.41) is 0. The summed E-state index contributed by atoms with van der Waals surface area (Å²) in [5.74, 6) is 0.595. The van der Waals surface area contributed by atoms with E-state index < -0.39 is 0 Å². The first-order valence-electron chi connectivity index (χ1n) is 5.38. The van der Waals surface area contributed by atoms with Gasteiger partial charge in [-0.25, -0.2) is 0 Å². The van der Waals surface area contributed by atoms with Crippen molar-refractivity contribution in [2.24, 2.45) is 11.7 Å². The highest BCUT2D eigenvalue weighted by Crippen LogP contribution is 2.30. The van der Waals surface area contributed by atoms with Gasteiger partial charge < -0.3 is 5.73 Å². The number of aryl methyl sites for hydroxylation is 2. The van der Waals surface area contributed by atoms with Gasteiger partial charge in [0.2, 0.25) is 0 Å². The summed E-state index contributed by atoms with van der Waals surface area (Å²) in [6.45, 7) is 8.79. The maximum atomic E-state index is 6.22. The van der Waals surface area contributed by atoms with E-state index in [1.54, 1.807) is 0 Å². The Labute approximate surface area is 91.3 Å². The molecule has 2 N–H and O–H groups in total. The van der Waals surface area contributed by atoms with E-state index in [4.69, 9.17) is 5.73 Å². The Morgan fingerprint density at radius 3 is 2.50 bits per heavy atom. The minimum atomic E-state index is 0.229. The van der Waals surface area contributed by atoms with Crippen LogP contribution in [0.1, 0.15) is 48.0 Å². The molecule has 0 bridgehead atoms. The lowest BCUT2D eigenvalue weighted by atomic mass is 9.96. The van der Waals surface area contributed by atoms with Crippen LogP contribution >= 0.6 is 11.3 Å². The Kier molecular flexibility index (Phi) is 4.14. The highest BCUT2D eigenvalue weighted by Gasteiger charge is 2.16. The van der Waals surface area contributed by atoms with E-state index in [-0.39, 0.29) is 6.04 Å². The Morgan fingerprint density at radius 2 is 2.07 bits per heavy atom. The second kappa shape index (κ2) is 4.94. The summed E-state index contributed by atoms with van der Waals surface area (Å²) in [7, 11) is 0. The van der Waals surface area contributed by atoms with Crippen LogP contribution in [-0.4, -0.2) is 0 Å². The normalized spacial score (nSPS) is 15.5. The third-order valence-corrected chi connectivity index (χ3v) is 4.12. The molecule has 0 radical (unpaired) electrons. The Bertz CT molecular complexity index is 271. The van der Waals surface area contributed by atoms with E-state index in [9.17, 15) is 0 Å². The molecule has 2 atom stereocenters. The monoisotopic (exact) mass is 211 g/mol. The summed E-state index contributed by atoms with van der Waals surface area (Å²) in [6.07, 6.45) is 2.44. The zero-order valence-corrected chi connectivity index (χ0v) is 10.4. The van der Waals surface area contributed by atoms with Gasteiger partial charge in [0.15, 0.2) is 0 Å². The first-order chi connectivity index (χ1) is 6.56. The molecule has 1 rings (SSSR count). The van der Waals surface area contributed by atoms with E-state index in [2.05, 4.69) is 33.8 Å². The Hall–Kier alpha value is -0.340. The molecule has 0 fully saturated rings. The second-order valence-electron chi connectivity index (χ2n) is 4.18. The quantitative estimate of drug-likeness (QED) is 0.805. The summed E-state index contributed by atoms with van der Waals surface area (Å²) in [6, 6.07) is 2.48. The minimum Gasteiger partial charge on any atom is -0.323 e. The Morgan fingerprint density at radius 1 is 1.43 bits per heavy atom. The van der Waals surface area contributed by atoms with Crippen molar-refractivity contribution in [2.45, 2.75) is 46.6 Å². The zero-order chi connectivity index (χ0) is 10.7. The molecule has 0 aliphatic carbocycles. The average molecular weight is 211 g/mol. The fourth-order valence-corrected chi connectivity index (χ4v) is 2.86. The molecule has 0 amide bonds. The van der Waals surface area contributed by atoms with Crippen molar-refractivity contribution >= 4 is 11.3 Å². The summed E-state index contributed by atoms with van der Waals surface area (Å²) in [5.41, 5.74) is 7.60. The van der Waals surface area contributed by atoms with Gasteiger partial charge in [-0.05, 0) is 37.8 Å². The molecule has 1 nitrogen and oxygen atoms in total. The van der Waals surface area contributed by atoms with Crippen LogP contribution in [0, 0.1) is 19.8 Å². The fraction of sp³-hybridized carbons (Fsp3) is 0.667. The van der Waals surface area contributed by atoms with Gasteiger partial charge in [-0.15, -0.1) is 11.3 Å². The average Bonchev–Trinajstić information content (AvgIpc) is 2.46. The minimum absolute atomic E-state index is 0.229. The van der Waals surface area contributed by atoms with Crippen LogP contribution in [0.2, 0.25) is 0 Å². The van der Waals surface area contributed by atoms with Crippen LogP contribution in [0.4, 0.5) is 0 Å². The van der Waals surface area contributed by atoms with E-state index in [0.717, 1.165) is 0 Å². The zero-order valence-electron chi connectivity index (χ0n) is 9.63. The third kappa shape index (κ3) is 2.58. The SMILES string of the molecule is CCCC(C)C(N)c1cc(C)c(C)s1. The molecule has 14 heavy (non-hydrogen) atoms. The van der Waals surface area contributed by atoms with E-state index in [1.807, 2.05) is 11.3 Å². The number of hydrogen-bond acceptors (Lipinski definition) is 2. The maximum Gasteiger partial charge on any atom is 0.0415 e. The van der Waals surface area contributed by atoms with Gasteiger partial charge in [-0.2, -0.15) is 0 Å². The van der Waals surface area contributed by atoms with Gasteiger partial charge >= 0.3 is 0 Å². The first-order valence-corrected chi connectivity index (χ1v) is 6.20. The van der Waals surface area contributed by atoms with Gasteiger partial charge in [0, 0.05) is 15.8 Å². The molecule has 1 aromatic rings. The van der Waals surface area contributed by atoms with E-state index in [0.29, 0.717) is 5.92 Å². The van der Waals surface area contributed by atoms with Crippen molar-refractivity contribution in [3.8, 4) is 0 Å². The molecule has 0 saturated heterocycles. The van der Waals surface area contributed by atoms with Crippen molar-refractivity contribution in [1.82, 2.24) is 0 Å². The standard InChI is InChI=1S/C12H21NS/c1-5-6-8(2)12(13)11-7-9(3)10(4)14-11/h7-8,12H,5-6,13H2,1-4H3. The summed E-state index contributed by atoms with van der Waals surface area (Å²) in [4.78, 5) is 2.75. The lowest BCUT2D eigenvalue weighted by molar-refractivity contribution is 0.438. The first kappa shape index (κ1) is 11.7. The highest BCUT2D eigenvalue weighted by molar-refractivity contribution is 7.12. The van der Waals surface area contributed by atoms with Crippen molar-refractivity contribution < 1.29 is 0 Å². The molecule has 0 aromatic carbocycles. The molecule has 0 saturated carbocycles. The molecular formula is C12H21NS. The van der Waals surface area contributed by atoms with Crippen LogP contribution in [-0.2, 0) is 0 Å². The van der Waals surface area contributed by atoms with Crippen LogP contribution in [0.15, 0.2) is 6.07 Å². The lowest BCUT2D eigenvalue weighted by Gasteiger charge is -2.17. The smallest absolute Gasteiger partial charge is 0.0415 e. The van der Waals surface area contributed by atoms with Crippen LogP contribution < -0.4 is 5.73 Å². The molecular weight excluding hydrogens is 190 g/mol. The summed E-state index contributed by atoms with van der Waals surface area (Å²) >= 11 is 1.85. The molecule has 0 aliphatic rings. The Balaban J connectivity index is 2.73. The van der Waals surface area contributed by atoms with Gasteiger partial charge in [0.05, 0.1) is 0 Å². The molecule has 1 aromatic heterocycles. The predicted octanol–water partition coefficient (Wildman–Crippen LogP) is 3.80. The van der Waals surface area contributed by atoms with Crippen molar-refractivity contribution in [2.75, 3.05) is 0 Å². The third-order valence-electron chi connectivity index (χ3n) is 2.87. The largest absolute Gasteiger partial charge is 0.323 e. The van der Waals surface area contributed by atoms with Crippen LogP contribution in [0.5, 0.6) is 0 Å². The van der Waals surface area contributed by atoms with Crippen LogP contribution in [0.25, 0.3) is 0 Å². The lowest BCUT2D eigenvalue weighted by Crippen LogP contribution is -2.17. The predicted molar refractivity (Wildman–Crippen MR) is 64.8 cm³/mol. The number of rotatable bonds is 4. The second-order valence-corrected chi connectivity index (χ2v) is 5.47. The topological polar surface area (TPSA) is 26.0 Å². The number of thiophene rings is 1. The number of hydrogen-bond donors (Lipinski definition) is 1. The molecule has 80 valence electrons. The van der Waals surface area contributed by atoms with Crippen molar-refractivity contribution in [3.05, 3.63) is 21.4 Å². The molecule has 0 aliphatic heterocycles. The van der Waals surface area contributed by atoms with Crippen molar-refractivity contribution in [1.29, 1.82) is 0 Å². The van der Waals surface area contributed by atoms with Gasteiger partial charge in [0.25, 0.3) is 0 Å². The molecule has 0 spiro atoms. The van der Waals surface area contributed by atoms with Crippen molar-refractivity contribution in [3.63, 3.8) is 0 Å². The highest BCUT2D eigenvalue weighted by atomic mass is 32.1. The van der Waals surface area contributed by atoms with Gasteiger partial charge in [-0.3, -0.25) is 0 Å².